The highest BCUT2D eigenvalue weighted by Crippen LogP contribution is 2.26. The van der Waals surface area contributed by atoms with Gasteiger partial charge in [0.05, 0.1) is 16.8 Å². The molecule has 148 valence electrons. The van der Waals surface area contributed by atoms with Crippen LogP contribution >= 0.6 is 0 Å². The van der Waals surface area contributed by atoms with Crippen molar-refractivity contribution in [3.05, 3.63) is 101 Å². The summed E-state index contributed by atoms with van der Waals surface area (Å²) in [5.74, 6) is -0.775. The van der Waals surface area contributed by atoms with E-state index in [1.165, 1.54) is 0 Å². The molecule has 0 atom stereocenters. The molecule has 0 aliphatic carbocycles. The van der Waals surface area contributed by atoms with E-state index in [0.29, 0.717) is 27.7 Å². The Morgan fingerprint density at radius 2 is 1.53 bits per heavy atom. The molecule has 1 heterocycles. The number of hydrogen-bond acceptors (Lipinski definition) is 4. The SMILES string of the molecule is Cc1ccc(-c2cc(C(=O)OCC(=O)c3ccccc3)c3cc(C)ccc3n2)cc1. The Morgan fingerprint density at radius 3 is 2.27 bits per heavy atom. The van der Waals surface area contributed by atoms with Gasteiger partial charge in [-0.3, -0.25) is 4.79 Å². The van der Waals surface area contributed by atoms with Crippen LogP contribution in [-0.2, 0) is 4.74 Å². The fourth-order valence-corrected chi connectivity index (χ4v) is 3.30. The molecule has 0 unspecified atom stereocenters. The second-order valence-electron chi connectivity index (χ2n) is 7.31. The number of ketones is 1. The molecule has 4 heteroatoms. The molecular formula is C26H21NO3. The number of aromatic nitrogens is 1. The van der Waals surface area contributed by atoms with Gasteiger partial charge in [-0.15, -0.1) is 0 Å². The molecule has 3 aromatic carbocycles. The first-order valence-corrected chi connectivity index (χ1v) is 9.75. The molecule has 4 rings (SSSR count). The normalized spacial score (nSPS) is 10.7. The number of carbonyl (C=O) groups excluding carboxylic acids is 2. The highest BCUT2D eigenvalue weighted by atomic mass is 16.5. The minimum Gasteiger partial charge on any atom is -0.454 e. The second kappa shape index (κ2) is 8.29. The lowest BCUT2D eigenvalue weighted by molar-refractivity contribution is 0.0476. The van der Waals surface area contributed by atoms with Crippen LogP contribution in [0.5, 0.6) is 0 Å². The van der Waals surface area contributed by atoms with Gasteiger partial charge in [0, 0.05) is 16.5 Å². The zero-order valence-electron chi connectivity index (χ0n) is 16.9. The summed E-state index contributed by atoms with van der Waals surface area (Å²) < 4.78 is 5.39. The van der Waals surface area contributed by atoms with Gasteiger partial charge >= 0.3 is 5.97 Å². The Labute approximate surface area is 175 Å². The zero-order chi connectivity index (χ0) is 21.1. The van der Waals surface area contributed by atoms with Crippen LogP contribution in [-0.4, -0.2) is 23.3 Å². The van der Waals surface area contributed by atoms with Crippen LogP contribution in [0.25, 0.3) is 22.2 Å². The molecule has 0 aliphatic heterocycles. The van der Waals surface area contributed by atoms with E-state index in [9.17, 15) is 9.59 Å². The van der Waals surface area contributed by atoms with Crippen LogP contribution in [0, 0.1) is 13.8 Å². The molecule has 0 bridgehead atoms. The quantitative estimate of drug-likeness (QED) is 0.328. The van der Waals surface area contributed by atoms with Crippen LogP contribution in [0.15, 0.2) is 78.9 Å². The van der Waals surface area contributed by atoms with Gasteiger partial charge in [-0.1, -0.05) is 71.8 Å². The summed E-state index contributed by atoms with van der Waals surface area (Å²) >= 11 is 0. The standard InChI is InChI=1S/C26H21NO3/c1-17-8-11-19(12-9-17)24-15-22(21-14-18(2)10-13-23(21)27-24)26(29)30-16-25(28)20-6-4-3-5-7-20/h3-15H,16H2,1-2H3. The van der Waals surface area contributed by atoms with Gasteiger partial charge in [-0.05, 0) is 32.0 Å². The first-order chi connectivity index (χ1) is 14.5. The van der Waals surface area contributed by atoms with Crippen molar-refractivity contribution in [1.29, 1.82) is 0 Å². The predicted molar refractivity (Wildman–Crippen MR) is 118 cm³/mol. The van der Waals surface area contributed by atoms with Crippen molar-refractivity contribution in [2.45, 2.75) is 13.8 Å². The van der Waals surface area contributed by atoms with E-state index >= 15 is 0 Å². The summed E-state index contributed by atoms with van der Waals surface area (Å²) in [6.45, 7) is 3.67. The molecule has 4 aromatic rings. The summed E-state index contributed by atoms with van der Waals surface area (Å²) in [7, 11) is 0. The van der Waals surface area contributed by atoms with E-state index in [4.69, 9.17) is 9.72 Å². The van der Waals surface area contributed by atoms with Crippen molar-refractivity contribution < 1.29 is 14.3 Å². The zero-order valence-corrected chi connectivity index (χ0v) is 16.9. The Balaban J connectivity index is 1.69. The number of esters is 1. The van der Waals surface area contributed by atoms with Gasteiger partial charge in [0.15, 0.2) is 12.4 Å². The molecule has 0 saturated heterocycles. The number of Topliss-reactive ketones (excluding diaryl/α,β-unsaturated/α-hetero) is 1. The van der Waals surface area contributed by atoms with E-state index in [2.05, 4.69) is 0 Å². The number of fused-ring (bicyclic) bond motifs is 1. The predicted octanol–water partition coefficient (Wildman–Crippen LogP) is 5.56. The summed E-state index contributed by atoms with van der Waals surface area (Å²) in [6, 6.07) is 24.3. The van der Waals surface area contributed by atoms with E-state index in [1.54, 1.807) is 30.3 Å². The Hall–Kier alpha value is -3.79. The van der Waals surface area contributed by atoms with Crippen LogP contribution in [0.3, 0.4) is 0 Å². The van der Waals surface area contributed by atoms with E-state index < -0.39 is 5.97 Å². The highest BCUT2D eigenvalue weighted by molar-refractivity contribution is 6.06. The van der Waals surface area contributed by atoms with Gasteiger partial charge < -0.3 is 4.74 Å². The average molecular weight is 395 g/mol. The molecule has 30 heavy (non-hydrogen) atoms. The maximum Gasteiger partial charge on any atom is 0.339 e. The third-order valence-electron chi connectivity index (χ3n) is 4.96. The third-order valence-corrected chi connectivity index (χ3v) is 4.96. The van der Waals surface area contributed by atoms with Gasteiger partial charge in [0.1, 0.15) is 0 Å². The monoisotopic (exact) mass is 395 g/mol. The minimum absolute atomic E-state index is 0.239. The molecule has 0 amide bonds. The fourth-order valence-electron chi connectivity index (χ4n) is 3.30. The summed E-state index contributed by atoms with van der Waals surface area (Å²) in [4.78, 5) is 30.0. The van der Waals surface area contributed by atoms with Gasteiger partial charge in [-0.2, -0.15) is 0 Å². The number of nitrogens with zero attached hydrogens (tertiary/aromatic N) is 1. The lowest BCUT2D eigenvalue weighted by atomic mass is 10.0. The smallest absolute Gasteiger partial charge is 0.339 e. The average Bonchev–Trinajstić information content (AvgIpc) is 2.77. The van der Waals surface area contributed by atoms with Crippen molar-refractivity contribution >= 4 is 22.7 Å². The summed E-state index contributed by atoms with van der Waals surface area (Å²) in [5, 5.41) is 0.711. The number of aryl methyl sites for hydroxylation is 2. The lowest BCUT2D eigenvalue weighted by Gasteiger charge is -2.11. The molecule has 0 N–H and O–H groups in total. The number of ether oxygens (including phenoxy) is 1. The molecule has 4 nitrogen and oxygen atoms in total. The largest absolute Gasteiger partial charge is 0.454 e. The van der Waals surface area contributed by atoms with Gasteiger partial charge in [-0.25, -0.2) is 9.78 Å². The van der Waals surface area contributed by atoms with Crippen molar-refractivity contribution in [2.75, 3.05) is 6.61 Å². The highest BCUT2D eigenvalue weighted by Gasteiger charge is 2.17. The molecule has 0 saturated carbocycles. The molecular weight excluding hydrogens is 374 g/mol. The maximum absolute atomic E-state index is 12.9. The van der Waals surface area contributed by atoms with Gasteiger partial charge in [0.2, 0.25) is 0 Å². The number of pyridine rings is 1. The number of carbonyl (C=O) groups is 2. The van der Waals surface area contributed by atoms with Crippen LogP contribution < -0.4 is 0 Å². The van der Waals surface area contributed by atoms with Crippen LogP contribution in [0.4, 0.5) is 0 Å². The van der Waals surface area contributed by atoms with E-state index in [1.807, 2.05) is 62.4 Å². The minimum atomic E-state index is -0.536. The Morgan fingerprint density at radius 1 is 0.833 bits per heavy atom. The van der Waals surface area contributed by atoms with Crippen molar-refractivity contribution in [3.8, 4) is 11.3 Å². The Bertz CT molecular complexity index is 1230. The number of rotatable bonds is 5. The van der Waals surface area contributed by atoms with Crippen molar-refractivity contribution in [1.82, 2.24) is 4.98 Å². The van der Waals surface area contributed by atoms with Crippen LogP contribution in [0.1, 0.15) is 31.8 Å². The second-order valence-corrected chi connectivity index (χ2v) is 7.31. The fraction of sp³-hybridized carbons (Fsp3) is 0.115. The number of benzene rings is 3. The molecule has 0 aliphatic rings. The molecule has 1 aromatic heterocycles. The van der Waals surface area contributed by atoms with Gasteiger partial charge in [0.25, 0.3) is 0 Å². The lowest BCUT2D eigenvalue weighted by Crippen LogP contribution is -2.15. The first-order valence-electron chi connectivity index (χ1n) is 9.75. The van der Waals surface area contributed by atoms with E-state index in [-0.39, 0.29) is 12.4 Å². The molecule has 0 fully saturated rings. The summed E-state index contributed by atoms with van der Waals surface area (Å²) in [5.41, 5.74) is 5.39. The van der Waals surface area contributed by atoms with Crippen molar-refractivity contribution in [3.63, 3.8) is 0 Å². The molecule has 0 radical (unpaired) electrons. The maximum atomic E-state index is 12.9. The Kier molecular flexibility index (Phi) is 5.40. The first kappa shape index (κ1) is 19.5. The molecule has 0 spiro atoms. The third kappa shape index (κ3) is 4.13. The van der Waals surface area contributed by atoms with Crippen molar-refractivity contribution in [2.24, 2.45) is 0 Å². The summed E-state index contributed by atoms with van der Waals surface area (Å²) in [6.07, 6.45) is 0. The number of hydrogen-bond donors (Lipinski definition) is 0. The van der Waals surface area contributed by atoms with E-state index in [0.717, 1.165) is 16.7 Å². The van der Waals surface area contributed by atoms with Crippen LogP contribution in [0.2, 0.25) is 0 Å². The topological polar surface area (TPSA) is 56.3 Å².